The van der Waals surface area contributed by atoms with E-state index in [9.17, 15) is 9.59 Å². The first kappa shape index (κ1) is 25.3. The lowest BCUT2D eigenvalue weighted by molar-refractivity contribution is -0.127. The molecule has 176 valence electrons. The molecule has 3 aromatic carbocycles. The number of nitrogens with zero attached hydrogens (tertiary/aromatic N) is 1. The number of rotatable bonds is 9. The van der Waals surface area contributed by atoms with Gasteiger partial charge in [0.05, 0.1) is 18.4 Å². The van der Waals surface area contributed by atoms with Crippen LogP contribution in [0.5, 0.6) is 17.2 Å². The van der Waals surface area contributed by atoms with Crippen molar-refractivity contribution in [3.05, 3.63) is 87.4 Å². The van der Waals surface area contributed by atoms with Crippen molar-refractivity contribution in [2.75, 3.05) is 6.61 Å². The number of amides is 1. The Labute approximate surface area is 210 Å². The first-order chi connectivity index (χ1) is 16.4. The molecule has 0 spiro atoms. The van der Waals surface area contributed by atoms with Gasteiger partial charge in [0, 0.05) is 9.50 Å². The van der Waals surface area contributed by atoms with Gasteiger partial charge in [-0.3, -0.25) is 4.79 Å². The molecule has 3 rings (SSSR count). The zero-order valence-corrected chi connectivity index (χ0v) is 20.8. The highest BCUT2D eigenvalue weighted by molar-refractivity contribution is 9.10. The summed E-state index contributed by atoms with van der Waals surface area (Å²) >= 11 is 9.21. The van der Waals surface area contributed by atoms with Crippen LogP contribution in [0.2, 0.25) is 5.02 Å². The molecule has 1 N–H and O–H groups in total. The molecule has 0 fully saturated rings. The minimum absolute atomic E-state index is 0.263. The minimum Gasteiger partial charge on any atom is -0.490 e. The van der Waals surface area contributed by atoms with E-state index < -0.39 is 18.0 Å². The van der Waals surface area contributed by atoms with E-state index in [0.717, 1.165) is 4.47 Å². The first-order valence-electron chi connectivity index (χ1n) is 10.4. The summed E-state index contributed by atoms with van der Waals surface area (Å²) in [6.07, 6.45) is 0.712. The molecule has 0 aliphatic carbocycles. The molecule has 0 radical (unpaired) electrons. The Hall–Kier alpha value is -3.36. The maximum absolute atomic E-state index is 12.4. The summed E-state index contributed by atoms with van der Waals surface area (Å²) in [6.45, 7) is 3.82. The Balaban J connectivity index is 1.62. The lowest BCUT2D eigenvalue weighted by Crippen LogP contribution is -2.33. The van der Waals surface area contributed by atoms with E-state index in [0.29, 0.717) is 34.3 Å². The van der Waals surface area contributed by atoms with Gasteiger partial charge in [-0.25, -0.2) is 10.2 Å². The van der Waals surface area contributed by atoms with Crippen LogP contribution in [-0.4, -0.2) is 30.8 Å². The van der Waals surface area contributed by atoms with E-state index in [-0.39, 0.29) is 5.75 Å². The van der Waals surface area contributed by atoms with Crippen LogP contribution >= 0.6 is 27.5 Å². The van der Waals surface area contributed by atoms with Crippen molar-refractivity contribution in [1.29, 1.82) is 0 Å². The van der Waals surface area contributed by atoms with E-state index in [1.807, 2.05) is 19.1 Å². The molecule has 0 aliphatic heterocycles. The molecule has 0 heterocycles. The van der Waals surface area contributed by atoms with E-state index in [4.69, 9.17) is 25.8 Å². The third-order valence-electron chi connectivity index (χ3n) is 4.43. The second-order valence-electron chi connectivity index (χ2n) is 6.98. The van der Waals surface area contributed by atoms with Gasteiger partial charge in [0.15, 0.2) is 17.6 Å². The van der Waals surface area contributed by atoms with Gasteiger partial charge in [-0.15, -0.1) is 0 Å². The lowest BCUT2D eigenvalue weighted by atomic mass is 10.2. The molecule has 3 aromatic rings. The highest BCUT2D eigenvalue weighted by atomic mass is 79.9. The molecule has 9 heteroatoms. The fraction of sp³-hybridized carbons (Fsp3) is 0.160. The summed E-state index contributed by atoms with van der Waals surface area (Å²) in [5.74, 6) is 0.259. The van der Waals surface area contributed by atoms with Gasteiger partial charge in [0.2, 0.25) is 0 Å². The molecule has 0 aliphatic rings. The normalized spacial score (nSPS) is 11.6. The number of carbonyl (C=O) groups is 2. The Morgan fingerprint density at radius 3 is 2.44 bits per heavy atom. The number of hydrazone groups is 1. The van der Waals surface area contributed by atoms with Crippen molar-refractivity contribution in [3.63, 3.8) is 0 Å². The van der Waals surface area contributed by atoms with Gasteiger partial charge in [-0.05, 0) is 86.1 Å². The quantitative estimate of drug-likeness (QED) is 0.163. The van der Waals surface area contributed by atoms with Crippen LogP contribution in [0.3, 0.4) is 0 Å². The van der Waals surface area contributed by atoms with Crippen molar-refractivity contribution in [3.8, 4) is 17.2 Å². The SMILES string of the molecule is CCOc1cc(/C=N\NC(=O)[C@H](C)Oc2ccc(Br)cc2)ccc1OC(=O)c1ccc(Cl)cc1. The largest absolute Gasteiger partial charge is 0.490 e. The standard InChI is InChI=1S/C25H22BrClN2O5/c1-3-32-23-14-17(4-13-22(23)34-25(31)18-5-9-20(27)10-6-18)15-28-29-24(30)16(2)33-21-11-7-19(26)8-12-21/h4-16H,3H2,1-2H3,(H,29,30)/b28-15-/t16-/m0/s1. The number of hydrogen-bond acceptors (Lipinski definition) is 6. The molecule has 0 saturated heterocycles. The Morgan fingerprint density at radius 2 is 1.76 bits per heavy atom. The predicted octanol–water partition coefficient (Wildman–Crippen LogP) is 5.64. The Bertz CT molecular complexity index is 1170. The first-order valence-corrected chi connectivity index (χ1v) is 11.5. The lowest BCUT2D eigenvalue weighted by Gasteiger charge is -2.13. The molecule has 0 saturated carbocycles. The summed E-state index contributed by atoms with van der Waals surface area (Å²) in [5, 5.41) is 4.50. The topological polar surface area (TPSA) is 86.2 Å². The van der Waals surface area contributed by atoms with Crippen molar-refractivity contribution in [1.82, 2.24) is 5.43 Å². The maximum Gasteiger partial charge on any atom is 0.343 e. The Kier molecular flexibility index (Phi) is 9.07. The van der Waals surface area contributed by atoms with Gasteiger partial charge < -0.3 is 14.2 Å². The van der Waals surface area contributed by atoms with Crippen LogP contribution in [-0.2, 0) is 4.79 Å². The fourth-order valence-corrected chi connectivity index (χ4v) is 3.12. The molecule has 1 atom stereocenters. The second kappa shape index (κ2) is 12.2. The summed E-state index contributed by atoms with van der Waals surface area (Å²) in [4.78, 5) is 24.7. The molecule has 1 amide bonds. The third-order valence-corrected chi connectivity index (χ3v) is 5.21. The molecule has 34 heavy (non-hydrogen) atoms. The second-order valence-corrected chi connectivity index (χ2v) is 8.34. The number of nitrogens with one attached hydrogen (secondary N) is 1. The zero-order chi connectivity index (χ0) is 24.5. The maximum atomic E-state index is 12.4. The molecule has 0 bridgehead atoms. The number of esters is 1. The number of hydrogen-bond donors (Lipinski definition) is 1. The van der Waals surface area contributed by atoms with Crippen LogP contribution in [0.15, 0.2) is 76.3 Å². The molecule has 0 aromatic heterocycles. The van der Waals surface area contributed by atoms with Gasteiger partial charge in [-0.1, -0.05) is 27.5 Å². The van der Waals surface area contributed by atoms with Gasteiger partial charge in [-0.2, -0.15) is 5.10 Å². The average Bonchev–Trinajstić information content (AvgIpc) is 2.82. The van der Waals surface area contributed by atoms with Gasteiger partial charge in [0.25, 0.3) is 5.91 Å². The number of benzene rings is 3. The number of ether oxygens (including phenoxy) is 3. The van der Waals surface area contributed by atoms with Crippen molar-refractivity contribution >= 4 is 45.6 Å². The smallest absolute Gasteiger partial charge is 0.343 e. The average molecular weight is 546 g/mol. The van der Waals surface area contributed by atoms with E-state index in [2.05, 4.69) is 26.5 Å². The van der Waals surface area contributed by atoms with Crippen molar-refractivity contribution in [2.24, 2.45) is 5.10 Å². The minimum atomic E-state index is -0.744. The van der Waals surface area contributed by atoms with Gasteiger partial charge in [0.1, 0.15) is 5.75 Å². The Morgan fingerprint density at radius 1 is 1.06 bits per heavy atom. The molecular formula is C25H22BrClN2O5. The van der Waals surface area contributed by atoms with Crippen molar-refractivity contribution in [2.45, 2.75) is 20.0 Å². The van der Waals surface area contributed by atoms with Crippen molar-refractivity contribution < 1.29 is 23.8 Å². The summed E-state index contributed by atoms with van der Waals surface area (Å²) < 4.78 is 17.6. The predicted molar refractivity (Wildman–Crippen MR) is 134 cm³/mol. The third kappa shape index (κ3) is 7.33. The van der Waals surface area contributed by atoms with Crippen LogP contribution in [0, 0.1) is 0 Å². The molecule has 0 unspecified atom stereocenters. The van der Waals surface area contributed by atoms with Crippen LogP contribution in [0.25, 0.3) is 0 Å². The van der Waals surface area contributed by atoms with Crippen LogP contribution < -0.4 is 19.6 Å². The fourth-order valence-electron chi connectivity index (χ4n) is 2.73. The summed E-state index contributed by atoms with van der Waals surface area (Å²) in [6, 6.07) is 18.5. The van der Waals surface area contributed by atoms with E-state index in [1.54, 1.807) is 61.5 Å². The monoisotopic (exact) mass is 544 g/mol. The summed E-state index contributed by atoms with van der Waals surface area (Å²) in [5.41, 5.74) is 3.44. The van der Waals surface area contributed by atoms with Crippen LogP contribution in [0.4, 0.5) is 0 Å². The van der Waals surface area contributed by atoms with Crippen LogP contribution in [0.1, 0.15) is 29.8 Å². The zero-order valence-electron chi connectivity index (χ0n) is 18.5. The van der Waals surface area contributed by atoms with E-state index in [1.165, 1.54) is 6.21 Å². The van der Waals surface area contributed by atoms with Gasteiger partial charge >= 0.3 is 5.97 Å². The number of halogens is 2. The number of carbonyl (C=O) groups excluding carboxylic acids is 2. The van der Waals surface area contributed by atoms with E-state index >= 15 is 0 Å². The molecule has 7 nitrogen and oxygen atoms in total. The highest BCUT2D eigenvalue weighted by Gasteiger charge is 2.15. The summed E-state index contributed by atoms with van der Waals surface area (Å²) in [7, 11) is 0. The molecular weight excluding hydrogens is 524 g/mol. The highest BCUT2D eigenvalue weighted by Crippen LogP contribution is 2.29.